The number of methoxy groups -OCH3 is 2. The van der Waals surface area contributed by atoms with Gasteiger partial charge in [0.15, 0.2) is 11.5 Å². The van der Waals surface area contributed by atoms with Crippen LogP contribution in [0.25, 0.3) is 10.9 Å². The molecule has 1 amide bonds. The molecular formula is C18H22N2O5. The van der Waals surface area contributed by atoms with Gasteiger partial charge in [0, 0.05) is 24.0 Å². The molecule has 0 atom stereocenters. The Balaban J connectivity index is 2.90. The maximum Gasteiger partial charge on any atom is 0.268 e. The van der Waals surface area contributed by atoms with Gasteiger partial charge in [0.2, 0.25) is 0 Å². The zero-order chi connectivity index (χ0) is 18.7. The highest BCUT2D eigenvalue weighted by Crippen LogP contribution is 2.36. The average Bonchev–Trinajstić information content (AvgIpc) is 2.56. The van der Waals surface area contributed by atoms with Crippen LogP contribution in [0.3, 0.4) is 0 Å². The monoisotopic (exact) mass is 346 g/mol. The van der Waals surface area contributed by atoms with Gasteiger partial charge in [-0.1, -0.05) is 6.08 Å². The predicted octanol–water partition coefficient (Wildman–Crippen LogP) is 2.05. The Morgan fingerprint density at radius 1 is 1.32 bits per heavy atom. The molecule has 0 unspecified atom stereocenters. The molecule has 0 aliphatic carbocycles. The first-order valence-electron chi connectivity index (χ1n) is 7.78. The quantitative estimate of drug-likeness (QED) is 0.782. The number of fused-ring (bicyclic) bond motifs is 1. The van der Waals surface area contributed by atoms with Gasteiger partial charge < -0.3 is 24.5 Å². The van der Waals surface area contributed by atoms with Gasteiger partial charge >= 0.3 is 0 Å². The fourth-order valence-corrected chi connectivity index (χ4v) is 2.61. The number of nitrogens with zero attached hydrogens (tertiary/aromatic N) is 1. The Labute approximate surface area is 145 Å². The molecule has 0 bridgehead atoms. The minimum absolute atomic E-state index is 0.174. The molecule has 7 heteroatoms. The molecule has 134 valence electrons. The third kappa shape index (κ3) is 3.31. The van der Waals surface area contributed by atoms with Crippen molar-refractivity contribution in [3.8, 4) is 17.2 Å². The summed E-state index contributed by atoms with van der Waals surface area (Å²) in [4.78, 5) is 25.2. The summed E-state index contributed by atoms with van der Waals surface area (Å²) in [7, 11) is 2.94. The van der Waals surface area contributed by atoms with E-state index in [-0.39, 0.29) is 23.9 Å². The second-order valence-electron chi connectivity index (χ2n) is 5.78. The first-order chi connectivity index (χ1) is 11.8. The topological polar surface area (TPSA) is 89.8 Å². The van der Waals surface area contributed by atoms with E-state index in [0.29, 0.717) is 22.4 Å². The lowest BCUT2D eigenvalue weighted by Gasteiger charge is -2.17. The third-order valence-corrected chi connectivity index (χ3v) is 3.70. The van der Waals surface area contributed by atoms with Crippen molar-refractivity contribution < 1.29 is 19.4 Å². The van der Waals surface area contributed by atoms with Gasteiger partial charge in [0.05, 0.1) is 19.7 Å². The third-order valence-electron chi connectivity index (χ3n) is 3.70. The summed E-state index contributed by atoms with van der Waals surface area (Å²) >= 11 is 0. The molecule has 2 N–H and O–H groups in total. The van der Waals surface area contributed by atoms with E-state index < -0.39 is 11.5 Å². The molecule has 0 saturated carbocycles. The number of allylic oxidation sites excluding steroid dienone is 1. The van der Waals surface area contributed by atoms with E-state index in [1.54, 1.807) is 26.0 Å². The van der Waals surface area contributed by atoms with Gasteiger partial charge in [-0.3, -0.25) is 9.59 Å². The molecule has 1 aromatic carbocycles. The number of carbonyl (C=O) groups is 1. The molecule has 0 aliphatic rings. The smallest absolute Gasteiger partial charge is 0.268 e. The largest absolute Gasteiger partial charge is 0.506 e. The van der Waals surface area contributed by atoms with Gasteiger partial charge in [-0.05, 0) is 19.9 Å². The van der Waals surface area contributed by atoms with Crippen LogP contribution in [0.1, 0.15) is 24.2 Å². The fourth-order valence-electron chi connectivity index (χ4n) is 2.61. The molecule has 0 spiro atoms. The van der Waals surface area contributed by atoms with E-state index in [0.717, 1.165) is 0 Å². The zero-order valence-electron chi connectivity index (χ0n) is 14.8. The summed E-state index contributed by atoms with van der Waals surface area (Å²) in [5.74, 6) is -0.235. The van der Waals surface area contributed by atoms with Crippen LogP contribution in [-0.4, -0.2) is 35.8 Å². The first kappa shape index (κ1) is 18.4. The van der Waals surface area contributed by atoms with Crippen molar-refractivity contribution in [1.29, 1.82) is 0 Å². The standard InChI is InChI=1S/C18H22N2O5/c1-6-7-20-12-9-14(25-5)13(24-4)8-11(12)16(21)15(18(20)23)17(22)19-10(2)3/h6,8-10,21H,1,7H2,2-5H3,(H,19,22). The number of nitrogens with one attached hydrogen (secondary N) is 1. The van der Waals surface area contributed by atoms with Crippen LogP contribution in [0.5, 0.6) is 17.2 Å². The van der Waals surface area contributed by atoms with E-state index in [9.17, 15) is 14.7 Å². The Morgan fingerprint density at radius 2 is 1.92 bits per heavy atom. The van der Waals surface area contributed by atoms with E-state index >= 15 is 0 Å². The average molecular weight is 346 g/mol. The van der Waals surface area contributed by atoms with Crippen LogP contribution in [-0.2, 0) is 6.54 Å². The Morgan fingerprint density at radius 3 is 2.44 bits per heavy atom. The normalized spacial score (nSPS) is 10.8. The molecule has 0 radical (unpaired) electrons. The highest BCUT2D eigenvalue weighted by molar-refractivity contribution is 6.03. The number of hydrogen-bond acceptors (Lipinski definition) is 5. The maximum absolute atomic E-state index is 12.8. The predicted molar refractivity (Wildman–Crippen MR) is 95.8 cm³/mol. The second kappa shape index (κ2) is 7.29. The fraction of sp³-hybridized carbons (Fsp3) is 0.333. The SMILES string of the molecule is C=CCn1c(=O)c(C(=O)NC(C)C)c(O)c2cc(OC)c(OC)cc21. The van der Waals surface area contributed by atoms with E-state index in [2.05, 4.69) is 11.9 Å². The van der Waals surface area contributed by atoms with Crippen molar-refractivity contribution in [2.24, 2.45) is 0 Å². The Kier molecular flexibility index (Phi) is 5.36. The highest BCUT2D eigenvalue weighted by atomic mass is 16.5. The van der Waals surface area contributed by atoms with Gasteiger partial charge in [0.25, 0.3) is 11.5 Å². The maximum atomic E-state index is 12.8. The molecule has 1 aromatic heterocycles. The van der Waals surface area contributed by atoms with Crippen molar-refractivity contribution in [1.82, 2.24) is 9.88 Å². The Hall–Kier alpha value is -2.96. The van der Waals surface area contributed by atoms with Crippen LogP contribution in [0, 0.1) is 0 Å². The van der Waals surface area contributed by atoms with Gasteiger partial charge in [-0.25, -0.2) is 0 Å². The van der Waals surface area contributed by atoms with Crippen LogP contribution >= 0.6 is 0 Å². The lowest BCUT2D eigenvalue weighted by atomic mass is 10.1. The number of aromatic hydroxyl groups is 1. The minimum Gasteiger partial charge on any atom is -0.506 e. The first-order valence-corrected chi connectivity index (χ1v) is 7.78. The van der Waals surface area contributed by atoms with Crippen LogP contribution in [0.2, 0.25) is 0 Å². The van der Waals surface area contributed by atoms with Crippen LogP contribution < -0.4 is 20.3 Å². The van der Waals surface area contributed by atoms with Crippen LogP contribution in [0.4, 0.5) is 0 Å². The van der Waals surface area contributed by atoms with Crippen molar-refractivity contribution in [3.63, 3.8) is 0 Å². The molecule has 2 aromatic rings. The van der Waals surface area contributed by atoms with E-state index in [1.165, 1.54) is 24.9 Å². The van der Waals surface area contributed by atoms with E-state index in [1.807, 2.05) is 0 Å². The van der Waals surface area contributed by atoms with Gasteiger partial charge in [-0.2, -0.15) is 0 Å². The molecule has 0 aliphatic heterocycles. The number of rotatable bonds is 6. The van der Waals surface area contributed by atoms with Gasteiger partial charge in [0.1, 0.15) is 11.3 Å². The van der Waals surface area contributed by atoms with Gasteiger partial charge in [-0.15, -0.1) is 6.58 Å². The summed E-state index contributed by atoms with van der Waals surface area (Å²) in [6.07, 6.45) is 1.54. The number of carbonyl (C=O) groups excluding carboxylic acids is 1. The minimum atomic E-state index is -0.632. The zero-order valence-corrected chi connectivity index (χ0v) is 14.8. The van der Waals surface area contributed by atoms with Crippen molar-refractivity contribution in [2.45, 2.75) is 26.4 Å². The summed E-state index contributed by atoms with van der Waals surface area (Å²) in [6, 6.07) is 2.94. The lowest BCUT2D eigenvalue weighted by Crippen LogP contribution is -2.36. The molecule has 0 fully saturated rings. The van der Waals surface area contributed by atoms with E-state index in [4.69, 9.17) is 9.47 Å². The molecule has 25 heavy (non-hydrogen) atoms. The summed E-state index contributed by atoms with van der Waals surface area (Å²) < 4.78 is 11.9. The number of benzene rings is 1. The molecule has 0 saturated heterocycles. The van der Waals surface area contributed by atoms with Crippen molar-refractivity contribution in [3.05, 3.63) is 40.7 Å². The number of ether oxygens (including phenoxy) is 2. The number of aromatic nitrogens is 1. The molecular weight excluding hydrogens is 324 g/mol. The molecule has 2 rings (SSSR count). The summed E-state index contributed by atoms with van der Waals surface area (Å²) in [6.45, 7) is 7.36. The number of amides is 1. The number of pyridine rings is 1. The van der Waals surface area contributed by atoms with Crippen LogP contribution in [0.15, 0.2) is 29.6 Å². The van der Waals surface area contributed by atoms with Crippen molar-refractivity contribution in [2.75, 3.05) is 14.2 Å². The lowest BCUT2D eigenvalue weighted by molar-refractivity contribution is 0.0938. The Bertz CT molecular complexity index is 883. The summed E-state index contributed by atoms with van der Waals surface area (Å²) in [5, 5.41) is 13.5. The molecule has 7 nitrogen and oxygen atoms in total. The second-order valence-corrected chi connectivity index (χ2v) is 5.78. The highest BCUT2D eigenvalue weighted by Gasteiger charge is 2.23. The number of hydrogen-bond donors (Lipinski definition) is 2. The summed E-state index contributed by atoms with van der Waals surface area (Å²) in [5.41, 5.74) is -0.494. The van der Waals surface area contributed by atoms with Crippen molar-refractivity contribution >= 4 is 16.8 Å². The molecule has 1 heterocycles.